The molecule has 0 heterocycles. The van der Waals surface area contributed by atoms with E-state index in [2.05, 4.69) is 55.4 Å². The molecule has 0 rings (SSSR count). The average molecular weight is 1280 g/mol. The van der Waals surface area contributed by atoms with E-state index in [0.717, 1.165) is 115 Å². The molecule has 5 atom stereocenters. The summed E-state index contributed by atoms with van der Waals surface area (Å²) in [6.07, 6.45) is 39.4. The number of carbonyl (C=O) groups excluding carboxylic acids is 4. The van der Waals surface area contributed by atoms with Gasteiger partial charge in [-0.25, -0.2) is 9.13 Å². The van der Waals surface area contributed by atoms with Crippen molar-refractivity contribution in [3.8, 4) is 0 Å². The maximum Gasteiger partial charge on any atom is 0.472 e. The van der Waals surface area contributed by atoms with Crippen molar-refractivity contribution >= 4 is 39.5 Å². The van der Waals surface area contributed by atoms with Crippen molar-refractivity contribution in [3.05, 3.63) is 0 Å². The minimum Gasteiger partial charge on any atom is -0.462 e. The van der Waals surface area contributed by atoms with E-state index in [-0.39, 0.29) is 25.7 Å². The molecule has 19 heteroatoms. The van der Waals surface area contributed by atoms with E-state index < -0.39 is 97.5 Å². The predicted molar refractivity (Wildman–Crippen MR) is 349 cm³/mol. The largest absolute Gasteiger partial charge is 0.472 e. The molecule has 0 aromatic rings. The highest BCUT2D eigenvalue weighted by atomic mass is 31.2. The standard InChI is InChI=1S/C68H132O17P2/c1-58(2)44-36-28-20-16-14-12-10-9-11-13-15-17-22-34-42-50-67(72)84-63(54-78-65(70)48-40-32-26-24-30-38-46-60(5)6)56-82-86(74,75)80-52-62(69)53-81-87(76,77)83-57-64(55-79-66(71)49-41-33-27-25-31-39-47-61(7)8)85-68(73)51-43-35-23-19-18-21-29-37-45-59(3)4/h58-64,69H,9-57H2,1-8H3,(H,74,75)(H,76,77)/t62?,63-,64-/m1/s1. The molecule has 17 nitrogen and oxygen atoms in total. The number of phosphoric acid groups is 2. The molecule has 0 radical (unpaired) electrons. The molecule has 0 aromatic heterocycles. The number of esters is 4. The monoisotopic (exact) mass is 1280 g/mol. The van der Waals surface area contributed by atoms with E-state index in [0.29, 0.717) is 37.5 Å². The number of hydrogen-bond donors (Lipinski definition) is 3. The van der Waals surface area contributed by atoms with Gasteiger partial charge in [-0.1, -0.05) is 280 Å². The number of carbonyl (C=O) groups is 4. The van der Waals surface area contributed by atoms with Gasteiger partial charge in [-0.15, -0.1) is 0 Å². The molecule has 0 aliphatic carbocycles. The predicted octanol–water partition coefficient (Wildman–Crippen LogP) is 18.9. The summed E-state index contributed by atoms with van der Waals surface area (Å²) in [4.78, 5) is 72.3. The van der Waals surface area contributed by atoms with Crippen LogP contribution in [0.1, 0.15) is 331 Å². The molecule has 516 valence electrons. The zero-order valence-electron chi connectivity index (χ0n) is 56.6. The first kappa shape index (κ1) is 85.1. The zero-order valence-corrected chi connectivity index (χ0v) is 58.4. The molecule has 0 aliphatic rings. The number of unbranched alkanes of at least 4 members (excludes halogenated alkanes) is 31. The SMILES string of the molecule is CC(C)CCCCCCCCCCCCCCCCCC(=O)O[C@H](COC(=O)CCCCCCCCC(C)C)COP(=O)(O)OCC(O)COP(=O)(O)OC[C@@H](COC(=O)CCCCCCCCC(C)C)OC(=O)CCCCCCCCCCC(C)C. The Morgan fingerprint density at radius 2 is 0.483 bits per heavy atom. The normalized spacial score (nSPS) is 14.3. The van der Waals surface area contributed by atoms with Gasteiger partial charge in [0.05, 0.1) is 26.4 Å². The first-order valence-corrected chi connectivity index (χ1v) is 38.2. The van der Waals surface area contributed by atoms with Crippen LogP contribution in [0.15, 0.2) is 0 Å². The van der Waals surface area contributed by atoms with Crippen molar-refractivity contribution in [2.45, 2.75) is 350 Å². The third kappa shape index (κ3) is 62.6. The molecule has 0 spiro atoms. The highest BCUT2D eigenvalue weighted by Gasteiger charge is 2.30. The van der Waals surface area contributed by atoms with Crippen molar-refractivity contribution in [1.29, 1.82) is 0 Å². The molecule has 0 aromatic carbocycles. The van der Waals surface area contributed by atoms with Gasteiger partial charge < -0.3 is 33.8 Å². The Hall–Kier alpha value is -1.94. The van der Waals surface area contributed by atoms with Gasteiger partial charge in [0, 0.05) is 25.7 Å². The second kappa shape index (κ2) is 57.9. The fourth-order valence-electron chi connectivity index (χ4n) is 10.1. The molecular weight excluding hydrogens is 1150 g/mol. The molecular formula is C68H132O17P2. The van der Waals surface area contributed by atoms with Gasteiger partial charge >= 0.3 is 39.5 Å². The highest BCUT2D eigenvalue weighted by Crippen LogP contribution is 2.45. The number of ether oxygens (including phenoxy) is 4. The summed E-state index contributed by atoms with van der Waals surface area (Å²) in [5.74, 6) is 0.742. The fraction of sp³-hybridized carbons (Fsp3) is 0.941. The number of rotatable bonds is 65. The van der Waals surface area contributed by atoms with Crippen LogP contribution in [0, 0.1) is 23.7 Å². The second-order valence-corrected chi connectivity index (χ2v) is 29.4. The van der Waals surface area contributed by atoms with E-state index in [1.54, 1.807) is 0 Å². The molecule has 0 saturated heterocycles. The Labute approximate surface area is 530 Å². The van der Waals surface area contributed by atoms with Crippen molar-refractivity contribution in [2.75, 3.05) is 39.6 Å². The van der Waals surface area contributed by atoms with Crippen LogP contribution in [-0.4, -0.2) is 96.7 Å². The summed E-state index contributed by atoms with van der Waals surface area (Å²) in [6.45, 7) is 13.9. The summed E-state index contributed by atoms with van der Waals surface area (Å²) >= 11 is 0. The number of aliphatic hydroxyl groups excluding tert-OH is 1. The van der Waals surface area contributed by atoms with Gasteiger partial charge in [-0.2, -0.15) is 0 Å². The lowest BCUT2D eigenvalue weighted by atomic mass is 10.0. The molecule has 0 fully saturated rings. The van der Waals surface area contributed by atoms with Gasteiger partial charge in [0.2, 0.25) is 0 Å². The lowest BCUT2D eigenvalue weighted by Gasteiger charge is -2.21. The van der Waals surface area contributed by atoms with Crippen LogP contribution in [-0.2, 0) is 65.4 Å². The van der Waals surface area contributed by atoms with E-state index in [9.17, 15) is 43.2 Å². The third-order valence-corrected chi connectivity index (χ3v) is 17.5. The van der Waals surface area contributed by atoms with E-state index in [4.69, 9.17) is 37.0 Å². The van der Waals surface area contributed by atoms with Crippen LogP contribution < -0.4 is 0 Å². The van der Waals surface area contributed by atoms with Crippen LogP contribution in [0.3, 0.4) is 0 Å². The molecule has 87 heavy (non-hydrogen) atoms. The highest BCUT2D eigenvalue weighted by molar-refractivity contribution is 7.47. The summed E-state index contributed by atoms with van der Waals surface area (Å²) in [5.41, 5.74) is 0. The molecule has 0 amide bonds. The fourth-order valence-corrected chi connectivity index (χ4v) is 11.7. The van der Waals surface area contributed by atoms with Crippen LogP contribution in [0.4, 0.5) is 0 Å². The van der Waals surface area contributed by atoms with Crippen molar-refractivity contribution < 1.29 is 80.2 Å². The number of aliphatic hydroxyl groups is 1. The van der Waals surface area contributed by atoms with Crippen molar-refractivity contribution in [2.24, 2.45) is 23.7 Å². The first-order chi connectivity index (χ1) is 41.6. The topological polar surface area (TPSA) is 237 Å². The van der Waals surface area contributed by atoms with Crippen LogP contribution in [0.2, 0.25) is 0 Å². The quantitative estimate of drug-likeness (QED) is 0.0222. The summed E-state index contributed by atoms with van der Waals surface area (Å²) < 4.78 is 68.1. The average Bonchev–Trinajstić information content (AvgIpc) is 3.67. The molecule has 0 saturated carbocycles. The van der Waals surface area contributed by atoms with Crippen LogP contribution in [0.25, 0.3) is 0 Å². The second-order valence-electron chi connectivity index (χ2n) is 26.5. The van der Waals surface area contributed by atoms with Gasteiger partial charge in [0.15, 0.2) is 12.2 Å². The van der Waals surface area contributed by atoms with Gasteiger partial charge in [0.1, 0.15) is 19.3 Å². The lowest BCUT2D eigenvalue weighted by molar-refractivity contribution is -0.161. The lowest BCUT2D eigenvalue weighted by Crippen LogP contribution is -2.30. The Bertz CT molecular complexity index is 1730. The van der Waals surface area contributed by atoms with Gasteiger partial charge in [-0.05, 0) is 49.4 Å². The summed E-state index contributed by atoms with van der Waals surface area (Å²) in [6, 6.07) is 0. The molecule has 3 N–H and O–H groups in total. The van der Waals surface area contributed by atoms with E-state index >= 15 is 0 Å². The maximum atomic E-state index is 13.0. The van der Waals surface area contributed by atoms with Crippen LogP contribution in [0.5, 0.6) is 0 Å². The minimum absolute atomic E-state index is 0.103. The minimum atomic E-state index is -4.95. The number of phosphoric ester groups is 2. The van der Waals surface area contributed by atoms with Gasteiger partial charge in [0.25, 0.3) is 0 Å². The van der Waals surface area contributed by atoms with Crippen molar-refractivity contribution in [3.63, 3.8) is 0 Å². The maximum absolute atomic E-state index is 13.0. The summed E-state index contributed by atoms with van der Waals surface area (Å²) in [7, 11) is -9.90. The third-order valence-electron chi connectivity index (χ3n) is 15.6. The van der Waals surface area contributed by atoms with Gasteiger partial charge in [-0.3, -0.25) is 37.3 Å². The number of hydrogen-bond acceptors (Lipinski definition) is 15. The zero-order chi connectivity index (χ0) is 64.7. The summed E-state index contributed by atoms with van der Waals surface area (Å²) in [5, 5.41) is 10.6. The Kier molecular flexibility index (Phi) is 56.6. The molecule has 0 bridgehead atoms. The van der Waals surface area contributed by atoms with Crippen molar-refractivity contribution in [1.82, 2.24) is 0 Å². The Balaban J connectivity index is 5.19. The molecule has 3 unspecified atom stereocenters. The Morgan fingerprint density at radius 3 is 0.713 bits per heavy atom. The first-order valence-electron chi connectivity index (χ1n) is 35.2. The smallest absolute Gasteiger partial charge is 0.462 e. The van der Waals surface area contributed by atoms with E-state index in [1.165, 1.54) is 122 Å². The van der Waals surface area contributed by atoms with Crippen LogP contribution >= 0.6 is 15.6 Å². The Morgan fingerprint density at radius 1 is 0.287 bits per heavy atom. The van der Waals surface area contributed by atoms with E-state index in [1.807, 2.05) is 0 Å². The molecule has 0 aliphatic heterocycles.